The lowest BCUT2D eigenvalue weighted by Gasteiger charge is -2.34. The minimum Gasteiger partial charge on any atom is -0.408 e. The third-order valence-corrected chi connectivity index (χ3v) is 3.36. The predicted molar refractivity (Wildman–Crippen MR) is 58.6 cm³/mol. The van der Waals surface area contributed by atoms with Crippen molar-refractivity contribution in [1.82, 2.24) is 4.90 Å². The molecular formula is C10H21N3O2. The van der Waals surface area contributed by atoms with Crippen LogP contribution < -0.4 is 5.73 Å². The smallest absolute Gasteiger partial charge is 0.233 e. The summed E-state index contributed by atoms with van der Waals surface area (Å²) in [5.74, 6) is 1.42. The topological polar surface area (TPSA) is 82.1 Å². The van der Waals surface area contributed by atoms with Crippen LogP contribution in [0, 0.1) is 11.8 Å². The van der Waals surface area contributed by atoms with Crippen molar-refractivity contribution in [2.24, 2.45) is 22.7 Å². The fraction of sp³-hybridized carbons (Fsp3) is 0.900. The van der Waals surface area contributed by atoms with Crippen LogP contribution >= 0.6 is 0 Å². The van der Waals surface area contributed by atoms with Gasteiger partial charge in [0, 0.05) is 19.7 Å². The lowest BCUT2D eigenvalue weighted by molar-refractivity contribution is 0.171. The summed E-state index contributed by atoms with van der Waals surface area (Å²) in [5, 5.41) is 20.4. The molecule has 0 bridgehead atoms. The van der Waals surface area contributed by atoms with Gasteiger partial charge in [-0.15, -0.1) is 0 Å². The van der Waals surface area contributed by atoms with Gasteiger partial charge < -0.3 is 20.9 Å². The van der Waals surface area contributed by atoms with Crippen LogP contribution in [0.3, 0.4) is 0 Å². The van der Waals surface area contributed by atoms with Gasteiger partial charge in [-0.3, -0.25) is 0 Å². The molecule has 1 unspecified atom stereocenters. The van der Waals surface area contributed by atoms with Crippen LogP contribution in [0.15, 0.2) is 5.16 Å². The van der Waals surface area contributed by atoms with Gasteiger partial charge in [-0.2, -0.15) is 0 Å². The van der Waals surface area contributed by atoms with Gasteiger partial charge in [0.1, 0.15) is 0 Å². The molecule has 1 aliphatic rings. The Morgan fingerprint density at radius 2 is 2.13 bits per heavy atom. The Balaban J connectivity index is 2.35. The highest BCUT2D eigenvalue weighted by Crippen LogP contribution is 2.26. The molecule has 0 aliphatic carbocycles. The number of aliphatic hydroxyl groups is 1. The maximum Gasteiger partial charge on any atom is 0.233 e. The van der Waals surface area contributed by atoms with E-state index in [4.69, 9.17) is 16.0 Å². The minimum absolute atomic E-state index is 0.211. The summed E-state index contributed by atoms with van der Waals surface area (Å²) in [4.78, 5) is 1.89. The molecule has 4 N–H and O–H groups in total. The second-order valence-corrected chi connectivity index (χ2v) is 4.27. The van der Waals surface area contributed by atoms with Gasteiger partial charge in [0.15, 0.2) is 0 Å². The molecule has 88 valence electrons. The molecule has 0 spiro atoms. The molecule has 0 radical (unpaired) electrons. The number of likely N-dealkylation sites (tertiary alicyclic amines) is 1. The van der Waals surface area contributed by atoms with E-state index in [9.17, 15) is 0 Å². The molecule has 1 fully saturated rings. The number of nitrogens with zero attached hydrogens (tertiary/aromatic N) is 2. The zero-order chi connectivity index (χ0) is 11.3. The second kappa shape index (κ2) is 5.80. The second-order valence-electron chi connectivity index (χ2n) is 4.27. The predicted octanol–water partition coefficient (Wildman–Crippen LogP) is 0.421. The Bertz CT molecular complexity index is 213. The van der Waals surface area contributed by atoms with E-state index in [0.717, 1.165) is 32.4 Å². The maximum atomic E-state index is 8.86. The van der Waals surface area contributed by atoms with Crippen molar-refractivity contribution in [2.75, 3.05) is 19.7 Å². The standard InChI is InChI=1S/C10H21N3O2/c1-8(4-7-14)9-2-5-13(6-3-9)10(11)12-15/h8-9,14-15H,2-7H2,1H3,(H2,11,12). The molecule has 1 aliphatic heterocycles. The number of hydrogen-bond acceptors (Lipinski definition) is 3. The van der Waals surface area contributed by atoms with Crippen LogP contribution in [0.2, 0.25) is 0 Å². The van der Waals surface area contributed by atoms with E-state index in [1.54, 1.807) is 0 Å². The molecule has 15 heavy (non-hydrogen) atoms. The number of guanidine groups is 1. The summed E-state index contributed by atoms with van der Waals surface area (Å²) in [6, 6.07) is 0. The largest absolute Gasteiger partial charge is 0.408 e. The first-order valence-corrected chi connectivity index (χ1v) is 5.52. The number of hydrogen-bond donors (Lipinski definition) is 3. The van der Waals surface area contributed by atoms with Crippen molar-refractivity contribution >= 4 is 5.96 Å². The third kappa shape index (κ3) is 3.27. The summed E-state index contributed by atoms with van der Waals surface area (Å²) in [6.45, 7) is 4.13. The Morgan fingerprint density at radius 3 is 2.60 bits per heavy atom. The molecule has 0 aromatic heterocycles. The van der Waals surface area contributed by atoms with Crippen molar-refractivity contribution in [3.63, 3.8) is 0 Å². The zero-order valence-corrected chi connectivity index (χ0v) is 9.26. The fourth-order valence-corrected chi connectivity index (χ4v) is 2.20. The summed E-state index contributed by atoms with van der Waals surface area (Å²) >= 11 is 0. The first-order chi connectivity index (χ1) is 7.19. The molecule has 1 atom stereocenters. The lowest BCUT2D eigenvalue weighted by atomic mass is 9.84. The molecule has 1 saturated heterocycles. The quantitative estimate of drug-likeness (QED) is 0.276. The number of piperidine rings is 1. The fourth-order valence-electron chi connectivity index (χ4n) is 2.20. The van der Waals surface area contributed by atoms with Crippen molar-refractivity contribution < 1.29 is 10.3 Å². The highest BCUT2D eigenvalue weighted by molar-refractivity contribution is 5.77. The van der Waals surface area contributed by atoms with Crippen molar-refractivity contribution in [1.29, 1.82) is 0 Å². The normalized spacial score (nSPS) is 21.7. The van der Waals surface area contributed by atoms with Crippen molar-refractivity contribution in [3.05, 3.63) is 0 Å². The van der Waals surface area contributed by atoms with E-state index < -0.39 is 0 Å². The van der Waals surface area contributed by atoms with Gasteiger partial charge in [-0.25, -0.2) is 0 Å². The number of rotatable bonds is 3. The summed E-state index contributed by atoms with van der Waals surface area (Å²) in [7, 11) is 0. The van der Waals surface area contributed by atoms with Crippen molar-refractivity contribution in [2.45, 2.75) is 26.2 Å². The number of nitrogens with two attached hydrogens (primary N) is 1. The van der Waals surface area contributed by atoms with E-state index >= 15 is 0 Å². The minimum atomic E-state index is 0.211. The van der Waals surface area contributed by atoms with Gasteiger partial charge in [0.2, 0.25) is 5.96 Å². The Kier molecular flexibility index (Phi) is 4.68. The van der Waals surface area contributed by atoms with Crippen LogP contribution in [0.1, 0.15) is 26.2 Å². The van der Waals surface area contributed by atoms with Gasteiger partial charge >= 0.3 is 0 Å². The Morgan fingerprint density at radius 1 is 1.53 bits per heavy atom. The monoisotopic (exact) mass is 215 g/mol. The Hall–Kier alpha value is -0.970. The summed E-state index contributed by atoms with van der Waals surface area (Å²) < 4.78 is 0. The van der Waals surface area contributed by atoms with Crippen LogP contribution in [0.5, 0.6) is 0 Å². The molecule has 0 aromatic rings. The third-order valence-electron chi connectivity index (χ3n) is 3.36. The van der Waals surface area contributed by atoms with E-state index in [-0.39, 0.29) is 12.6 Å². The molecule has 1 heterocycles. The molecule has 1 rings (SSSR count). The van der Waals surface area contributed by atoms with Gasteiger partial charge in [0.25, 0.3) is 0 Å². The van der Waals surface area contributed by atoms with Gasteiger partial charge in [-0.05, 0) is 31.1 Å². The van der Waals surface area contributed by atoms with E-state index in [2.05, 4.69) is 12.1 Å². The average Bonchev–Trinajstić information content (AvgIpc) is 2.28. The van der Waals surface area contributed by atoms with Gasteiger partial charge in [0.05, 0.1) is 0 Å². The molecule has 0 amide bonds. The van der Waals surface area contributed by atoms with Crippen LogP contribution in [0.4, 0.5) is 0 Å². The molecule has 0 saturated carbocycles. The van der Waals surface area contributed by atoms with Crippen LogP contribution in [0.25, 0.3) is 0 Å². The van der Waals surface area contributed by atoms with E-state index in [1.165, 1.54) is 0 Å². The van der Waals surface area contributed by atoms with Crippen LogP contribution in [-0.2, 0) is 0 Å². The highest BCUT2D eigenvalue weighted by Gasteiger charge is 2.24. The van der Waals surface area contributed by atoms with Gasteiger partial charge in [-0.1, -0.05) is 12.1 Å². The Labute approximate surface area is 90.6 Å². The lowest BCUT2D eigenvalue weighted by Crippen LogP contribution is -2.43. The molecule has 5 heteroatoms. The first-order valence-electron chi connectivity index (χ1n) is 5.52. The summed E-state index contributed by atoms with van der Waals surface area (Å²) in [6.07, 6.45) is 2.98. The SMILES string of the molecule is CC(CCO)C1CCN(C(N)=NO)CC1. The van der Waals surface area contributed by atoms with Crippen LogP contribution in [-0.4, -0.2) is 40.9 Å². The molecule has 0 aromatic carbocycles. The van der Waals surface area contributed by atoms with E-state index in [1.807, 2.05) is 4.90 Å². The zero-order valence-electron chi connectivity index (χ0n) is 9.26. The van der Waals surface area contributed by atoms with E-state index in [0.29, 0.717) is 11.8 Å². The molecular weight excluding hydrogens is 194 g/mol. The number of oxime groups is 1. The maximum absolute atomic E-state index is 8.86. The summed E-state index contributed by atoms with van der Waals surface area (Å²) in [5.41, 5.74) is 5.51. The first kappa shape index (κ1) is 12.1. The molecule has 5 nitrogen and oxygen atoms in total. The van der Waals surface area contributed by atoms with Crippen molar-refractivity contribution in [3.8, 4) is 0 Å². The average molecular weight is 215 g/mol. The highest BCUT2D eigenvalue weighted by atomic mass is 16.4. The number of aliphatic hydroxyl groups excluding tert-OH is 1.